The van der Waals surface area contributed by atoms with Gasteiger partial charge in [-0.2, -0.15) is 0 Å². The van der Waals surface area contributed by atoms with Crippen molar-refractivity contribution in [2.45, 2.75) is 63.8 Å². The predicted molar refractivity (Wildman–Crippen MR) is 70.6 cm³/mol. The number of piperidine rings is 1. The topological polar surface area (TPSA) is 62.4 Å². The summed E-state index contributed by atoms with van der Waals surface area (Å²) >= 11 is 0. The van der Waals surface area contributed by atoms with Crippen LogP contribution < -0.4 is 16.0 Å². The van der Waals surface area contributed by atoms with Gasteiger partial charge in [0.1, 0.15) is 5.60 Å². The number of hydrogen-bond acceptors (Lipinski definition) is 4. The second kappa shape index (κ2) is 5.45. The molecule has 0 aromatic rings. The lowest BCUT2D eigenvalue weighted by Crippen LogP contribution is -2.46. The van der Waals surface area contributed by atoms with Crippen molar-refractivity contribution in [3.8, 4) is 0 Å². The van der Waals surface area contributed by atoms with E-state index in [1.807, 2.05) is 20.8 Å². The Morgan fingerprint density at radius 2 is 2.11 bits per heavy atom. The Labute approximate surface area is 109 Å². The van der Waals surface area contributed by atoms with Gasteiger partial charge in [-0.05, 0) is 46.6 Å². The maximum Gasteiger partial charge on any atom is 0.407 e. The monoisotopic (exact) mass is 255 g/mol. The number of alkyl carbamates (subject to hydrolysis) is 1. The van der Waals surface area contributed by atoms with Crippen molar-refractivity contribution < 1.29 is 9.53 Å². The van der Waals surface area contributed by atoms with Crippen LogP contribution in [0.15, 0.2) is 0 Å². The van der Waals surface area contributed by atoms with Gasteiger partial charge in [0.05, 0.1) is 0 Å². The third kappa shape index (κ3) is 4.46. The molecule has 3 N–H and O–H groups in total. The third-order valence-electron chi connectivity index (χ3n) is 3.24. The largest absolute Gasteiger partial charge is 0.444 e. The first kappa shape index (κ1) is 13.6. The second-order valence-electron chi connectivity index (χ2n) is 6.30. The highest BCUT2D eigenvalue weighted by molar-refractivity contribution is 5.68. The van der Waals surface area contributed by atoms with E-state index in [2.05, 4.69) is 16.0 Å². The van der Waals surface area contributed by atoms with E-state index in [1.165, 1.54) is 12.8 Å². The molecule has 1 saturated heterocycles. The van der Waals surface area contributed by atoms with E-state index in [-0.39, 0.29) is 12.1 Å². The lowest BCUT2D eigenvalue weighted by Gasteiger charge is -2.24. The van der Waals surface area contributed by atoms with Crippen LogP contribution in [0.2, 0.25) is 0 Å². The van der Waals surface area contributed by atoms with Gasteiger partial charge >= 0.3 is 6.09 Å². The number of nitrogens with one attached hydrogen (secondary N) is 3. The lowest BCUT2D eigenvalue weighted by atomic mass is 10.1. The average molecular weight is 255 g/mol. The van der Waals surface area contributed by atoms with Gasteiger partial charge in [-0.25, -0.2) is 4.79 Å². The number of ether oxygens (including phenoxy) is 1. The van der Waals surface area contributed by atoms with E-state index in [0.29, 0.717) is 12.1 Å². The number of amides is 1. The fourth-order valence-corrected chi connectivity index (χ4v) is 2.29. The Balaban J connectivity index is 1.63. The molecule has 0 spiro atoms. The molecule has 0 aromatic heterocycles. The molecule has 2 rings (SSSR count). The van der Waals surface area contributed by atoms with Crippen LogP contribution in [0.1, 0.15) is 40.0 Å². The quantitative estimate of drug-likeness (QED) is 0.704. The van der Waals surface area contributed by atoms with E-state index in [0.717, 1.165) is 19.5 Å². The Morgan fingerprint density at radius 1 is 1.33 bits per heavy atom. The fourth-order valence-electron chi connectivity index (χ4n) is 2.29. The van der Waals surface area contributed by atoms with Gasteiger partial charge in [-0.15, -0.1) is 0 Å². The SMILES string of the molecule is CC(C)(C)OC(=O)NC1CC1NC1CCCNC1. The van der Waals surface area contributed by atoms with Gasteiger partial charge in [0.15, 0.2) is 0 Å². The van der Waals surface area contributed by atoms with Crippen molar-refractivity contribution in [2.75, 3.05) is 13.1 Å². The van der Waals surface area contributed by atoms with Gasteiger partial charge in [0, 0.05) is 24.7 Å². The molecule has 1 amide bonds. The molecule has 5 nitrogen and oxygen atoms in total. The molecule has 2 aliphatic rings. The van der Waals surface area contributed by atoms with Crippen LogP contribution in [0.25, 0.3) is 0 Å². The van der Waals surface area contributed by atoms with Crippen molar-refractivity contribution in [3.63, 3.8) is 0 Å². The minimum absolute atomic E-state index is 0.238. The summed E-state index contributed by atoms with van der Waals surface area (Å²) in [6, 6.07) is 1.21. The Hall–Kier alpha value is -0.810. The number of carbonyl (C=O) groups is 1. The maximum absolute atomic E-state index is 11.6. The molecule has 3 unspecified atom stereocenters. The van der Waals surface area contributed by atoms with E-state index in [9.17, 15) is 4.79 Å². The summed E-state index contributed by atoms with van der Waals surface area (Å²) in [6.07, 6.45) is 3.16. The van der Waals surface area contributed by atoms with Crippen LogP contribution in [0.4, 0.5) is 4.79 Å². The zero-order valence-electron chi connectivity index (χ0n) is 11.6. The predicted octanol–water partition coefficient (Wildman–Crippen LogP) is 0.994. The zero-order chi connectivity index (χ0) is 13.2. The smallest absolute Gasteiger partial charge is 0.407 e. The van der Waals surface area contributed by atoms with Crippen molar-refractivity contribution in [3.05, 3.63) is 0 Å². The average Bonchev–Trinajstić information content (AvgIpc) is 2.94. The summed E-state index contributed by atoms with van der Waals surface area (Å²) in [5.41, 5.74) is -0.421. The van der Waals surface area contributed by atoms with E-state index in [4.69, 9.17) is 4.74 Å². The molecule has 1 aliphatic carbocycles. The standard InChI is InChI=1S/C13H25N3O2/c1-13(2,3)18-12(17)16-11-7-10(11)15-9-5-4-6-14-8-9/h9-11,14-15H,4-8H2,1-3H3,(H,16,17). The normalized spacial score (nSPS) is 31.8. The van der Waals surface area contributed by atoms with Crippen molar-refractivity contribution in [1.29, 1.82) is 0 Å². The van der Waals surface area contributed by atoms with Crippen molar-refractivity contribution >= 4 is 6.09 Å². The van der Waals surface area contributed by atoms with Gasteiger partial charge < -0.3 is 20.7 Å². The molecule has 1 saturated carbocycles. The van der Waals surface area contributed by atoms with Crippen LogP contribution in [-0.4, -0.2) is 42.9 Å². The highest BCUT2D eigenvalue weighted by atomic mass is 16.6. The van der Waals surface area contributed by atoms with Crippen LogP contribution >= 0.6 is 0 Å². The molecule has 0 bridgehead atoms. The molecule has 104 valence electrons. The van der Waals surface area contributed by atoms with Gasteiger partial charge in [0.25, 0.3) is 0 Å². The first-order valence-corrected chi connectivity index (χ1v) is 6.90. The Kier molecular flexibility index (Phi) is 4.12. The van der Waals surface area contributed by atoms with Gasteiger partial charge in [0.2, 0.25) is 0 Å². The molecule has 18 heavy (non-hydrogen) atoms. The molecule has 5 heteroatoms. The molecule has 3 atom stereocenters. The highest BCUT2D eigenvalue weighted by Crippen LogP contribution is 2.23. The third-order valence-corrected chi connectivity index (χ3v) is 3.24. The first-order valence-electron chi connectivity index (χ1n) is 6.90. The molecule has 0 radical (unpaired) electrons. The Morgan fingerprint density at radius 3 is 2.72 bits per heavy atom. The maximum atomic E-state index is 11.6. The van der Waals surface area contributed by atoms with Crippen LogP contribution in [0.5, 0.6) is 0 Å². The summed E-state index contributed by atoms with van der Waals surface area (Å²) in [7, 11) is 0. The van der Waals surface area contributed by atoms with Gasteiger partial charge in [-0.1, -0.05) is 0 Å². The lowest BCUT2D eigenvalue weighted by molar-refractivity contribution is 0.0521. The summed E-state index contributed by atoms with van der Waals surface area (Å²) in [5.74, 6) is 0. The minimum Gasteiger partial charge on any atom is -0.444 e. The van der Waals surface area contributed by atoms with Crippen molar-refractivity contribution in [1.82, 2.24) is 16.0 Å². The first-order chi connectivity index (χ1) is 8.44. The summed E-state index contributed by atoms with van der Waals surface area (Å²) in [4.78, 5) is 11.6. The molecule has 2 fully saturated rings. The second-order valence-corrected chi connectivity index (χ2v) is 6.30. The molecule has 1 aliphatic heterocycles. The molecular formula is C13H25N3O2. The van der Waals surface area contributed by atoms with Crippen LogP contribution in [0.3, 0.4) is 0 Å². The van der Waals surface area contributed by atoms with E-state index < -0.39 is 5.60 Å². The Bertz CT molecular complexity index is 295. The molecular weight excluding hydrogens is 230 g/mol. The zero-order valence-corrected chi connectivity index (χ0v) is 11.6. The minimum atomic E-state index is -0.421. The van der Waals surface area contributed by atoms with Gasteiger partial charge in [-0.3, -0.25) is 0 Å². The van der Waals surface area contributed by atoms with Crippen LogP contribution in [0, 0.1) is 0 Å². The highest BCUT2D eigenvalue weighted by Gasteiger charge is 2.40. The molecule has 0 aromatic carbocycles. The van der Waals surface area contributed by atoms with Crippen molar-refractivity contribution in [2.24, 2.45) is 0 Å². The van der Waals surface area contributed by atoms with Crippen LogP contribution in [-0.2, 0) is 4.74 Å². The summed E-state index contributed by atoms with van der Waals surface area (Å²) in [6.45, 7) is 7.80. The number of carbonyl (C=O) groups excluding carboxylic acids is 1. The van der Waals surface area contributed by atoms with E-state index in [1.54, 1.807) is 0 Å². The fraction of sp³-hybridized carbons (Fsp3) is 0.923. The van der Waals surface area contributed by atoms with E-state index >= 15 is 0 Å². The summed E-state index contributed by atoms with van der Waals surface area (Å²) in [5, 5.41) is 9.86. The molecule has 1 heterocycles. The summed E-state index contributed by atoms with van der Waals surface area (Å²) < 4.78 is 5.24. The number of rotatable bonds is 3. The number of hydrogen-bond donors (Lipinski definition) is 3.